The number of nitrogens with one attached hydrogen (secondary N) is 1. The van der Waals surface area contributed by atoms with E-state index in [1.165, 1.54) is 12.1 Å². The fourth-order valence-electron chi connectivity index (χ4n) is 4.72. The Balaban J connectivity index is 1.15. The van der Waals surface area contributed by atoms with Crippen LogP contribution in [0.1, 0.15) is 28.5 Å². The number of carbonyl (C=O) groups is 1. The van der Waals surface area contributed by atoms with Crippen LogP contribution in [-0.2, 0) is 13.0 Å². The van der Waals surface area contributed by atoms with Gasteiger partial charge < -0.3 is 19.9 Å². The Labute approximate surface area is 218 Å². The molecule has 3 heterocycles. The first kappa shape index (κ1) is 25.4. The topological polar surface area (TPSA) is 62.1 Å². The maximum absolute atomic E-state index is 13.0. The van der Waals surface area contributed by atoms with Crippen molar-refractivity contribution in [2.45, 2.75) is 26.3 Å². The minimum atomic E-state index is -4.69. The summed E-state index contributed by atoms with van der Waals surface area (Å²) in [6, 6.07) is 19.8. The fourth-order valence-corrected chi connectivity index (χ4v) is 4.72. The highest BCUT2D eigenvalue weighted by atomic mass is 19.4. The molecule has 10 heteroatoms. The van der Waals surface area contributed by atoms with Crippen molar-refractivity contribution in [2.24, 2.45) is 0 Å². The Morgan fingerprint density at radius 2 is 1.53 bits per heavy atom. The number of fused-ring (bicyclic) bond motifs is 1. The summed E-state index contributed by atoms with van der Waals surface area (Å²) in [5, 5.41) is 7.54. The molecule has 1 amide bonds. The number of rotatable bonds is 7. The number of pyridine rings is 1. The summed E-state index contributed by atoms with van der Waals surface area (Å²) in [5.41, 5.74) is 5.13. The van der Waals surface area contributed by atoms with Gasteiger partial charge in [-0.1, -0.05) is 25.1 Å². The van der Waals surface area contributed by atoms with Crippen LogP contribution < -0.4 is 19.9 Å². The van der Waals surface area contributed by atoms with Gasteiger partial charge in [-0.05, 0) is 60.5 Å². The number of hydrogen-bond acceptors (Lipinski definition) is 5. The Kier molecular flexibility index (Phi) is 7.13. The molecule has 38 heavy (non-hydrogen) atoms. The number of carbonyl (C=O) groups excluding carboxylic acids is 1. The summed E-state index contributed by atoms with van der Waals surface area (Å²) < 4.78 is 42.8. The molecule has 4 aromatic rings. The molecule has 5 rings (SSSR count). The lowest BCUT2D eigenvalue weighted by Gasteiger charge is -2.37. The molecule has 0 bridgehead atoms. The van der Waals surface area contributed by atoms with Crippen molar-refractivity contribution in [2.75, 3.05) is 36.0 Å². The first-order chi connectivity index (χ1) is 18.3. The number of ether oxygens (including phenoxy) is 1. The summed E-state index contributed by atoms with van der Waals surface area (Å²) in [6.07, 6.45) is -2.18. The minimum Gasteiger partial charge on any atom is -0.406 e. The van der Waals surface area contributed by atoms with Crippen LogP contribution in [0.5, 0.6) is 5.75 Å². The highest BCUT2D eigenvalue weighted by Crippen LogP contribution is 2.27. The van der Waals surface area contributed by atoms with Crippen molar-refractivity contribution in [3.63, 3.8) is 0 Å². The standard InChI is InChI=1S/C28H28F3N5O2/c1-2-24-26(25-5-3-4-14-36(25)33-24)27(37)32-19-20-6-8-21(9-7-20)34-15-17-35(18-16-34)22-10-12-23(13-11-22)38-28(29,30)31/h3-14H,2,15-19H2,1H3,(H,32,37). The molecule has 0 saturated carbocycles. The molecule has 0 spiro atoms. The normalized spacial score (nSPS) is 14.1. The van der Waals surface area contributed by atoms with E-state index >= 15 is 0 Å². The van der Waals surface area contributed by atoms with Crippen molar-refractivity contribution in [1.82, 2.24) is 14.9 Å². The third-order valence-electron chi connectivity index (χ3n) is 6.64. The Bertz CT molecular complexity index is 1390. The molecule has 1 aliphatic rings. The molecule has 1 fully saturated rings. The van der Waals surface area contributed by atoms with Crippen LogP contribution in [0.2, 0.25) is 0 Å². The molecule has 7 nitrogen and oxygen atoms in total. The molecular weight excluding hydrogens is 495 g/mol. The molecule has 1 saturated heterocycles. The number of aromatic nitrogens is 2. The van der Waals surface area contributed by atoms with E-state index in [1.807, 2.05) is 55.6 Å². The van der Waals surface area contributed by atoms with Crippen molar-refractivity contribution < 1.29 is 22.7 Å². The van der Waals surface area contributed by atoms with Gasteiger partial charge in [-0.3, -0.25) is 4.79 Å². The van der Waals surface area contributed by atoms with Crippen LogP contribution in [-0.4, -0.2) is 48.1 Å². The average molecular weight is 524 g/mol. The van der Waals surface area contributed by atoms with Gasteiger partial charge in [0.2, 0.25) is 0 Å². The van der Waals surface area contributed by atoms with Gasteiger partial charge in [0.05, 0.1) is 16.8 Å². The zero-order chi connectivity index (χ0) is 26.7. The third kappa shape index (κ3) is 5.69. The van der Waals surface area contributed by atoms with Crippen LogP contribution in [0.15, 0.2) is 72.9 Å². The molecule has 0 aliphatic carbocycles. The maximum atomic E-state index is 13.0. The number of hydrogen-bond donors (Lipinski definition) is 1. The Morgan fingerprint density at radius 1 is 0.921 bits per heavy atom. The van der Waals surface area contributed by atoms with Gasteiger partial charge in [0.1, 0.15) is 5.75 Å². The molecule has 1 aliphatic heterocycles. The molecule has 0 unspecified atom stereocenters. The van der Waals surface area contributed by atoms with Crippen molar-refractivity contribution >= 4 is 22.8 Å². The van der Waals surface area contributed by atoms with Crippen molar-refractivity contribution in [3.8, 4) is 5.75 Å². The van der Waals surface area contributed by atoms with Crippen LogP contribution in [0.3, 0.4) is 0 Å². The quantitative estimate of drug-likeness (QED) is 0.367. The predicted octanol–water partition coefficient (Wildman–Crippen LogP) is 5.05. The second kappa shape index (κ2) is 10.6. The number of halogens is 3. The van der Waals surface area contributed by atoms with E-state index in [0.717, 1.165) is 54.3 Å². The van der Waals surface area contributed by atoms with Crippen LogP contribution >= 0.6 is 0 Å². The van der Waals surface area contributed by atoms with Crippen LogP contribution in [0, 0.1) is 0 Å². The Hall–Kier alpha value is -4.21. The number of anilines is 2. The number of piperazine rings is 1. The zero-order valence-corrected chi connectivity index (χ0v) is 20.9. The number of alkyl halides is 3. The van der Waals surface area contributed by atoms with Gasteiger partial charge in [0.15, 0.2) is 0 Å². The summed E-state index contributed by atoms with van der Waals surface area (Å²) in [5.74, 6) is -0.359. The van der Waals surface area contributed by atoms with Gasteiger partial charge in [0, 0.05) is 50.3 Å². The molecule has 2 aromatic carbocycles. The lowest BCUT2D eigenvalue weighted by molar-refractivity contribution is -0.274. The Morgan fingerprint density at radius 3 is 2.11 bits per heavy atom. The third-order valence-corrected chi connectivity index (χ3v) is 6.64. The summed E-state index contributed by atoms with van der Waals surface area (Å²) in [7, 11) is 0. The molecular formula is C28H28F3N5O2. The second-order valence-corrected chi connectivity index (χ2v) is 9.07. The summed E-state index contributed by atoms with van der Waals surface area (Å²) in [4.78, 5) is 17.4. The van der Waals surface area contributed by atoms with Gasteiger partial charge in [-0.15, -0.1) is 13.2 Å². The van der Waals surface area contributed by atoms with E-state index < -0.39 is 6.36 Å². The molecule has 1 N–H and O–H groups in total. The molecule has 198 valence electrons. The van der Waals surface area contributed by atoms with Crippen molar-refractivity contribution in [3.05, 3.63) is 89.7 Å². The number of nitrogens with zero attached hydrogens (tertiary/aromatic N) is 4. The van der Waals surface area contributed by atoms with Gasteiger partial charge >= 0.3 is 6.36 Å². The second-order valence-electron chi connectivity index (χ2n) is 9.07. The maximum Gasteiger partial charge on any atom is 0.573 e. The monoisotopic (exact) mass is 523 g/mol. The number of amides is 1. The largest absolute Gasteiger partial charge is 0.573 e. The van der Waals surface area contributed by atoms with E-state index in [-0.39, 0.29) is 11.7 Å². The average Bonchev–Trinajstić information content (AvgIpc) is 3.31. The van der Waals surface area contributed by atoms with Gasteiger partial charge in [-0.25, -0.2) is 4.52 Å². The smallest absolute Gasteiger partial charge is 0.406 e. The molecule has 0 radical (unpaired) electrons. The number of aryl methyl sites for hydroxylation is 1. The van der Waals surface area contributed by atoms with Crippen LogP contribution in [0.25, 0.3) is 5.52 Å². The fraction of sp³-hybridized carbons (Fsp3) is 0.286. The highest BCUT2D eigenvalue weighted by molar-refractivity contribution is 6.02. The van der Waals surface area contributed by atoms with E-state index in [4.69, 9.17) is 0 Å². The van der Waals surface area contributed by atoms with E-state index in [1.54, 1.807) is 16.6 Å². The lowest BCUT2D eigenvalue weighted by Crippen LogP contribution is -2.46. The minimum absolute atomic E-state index is 0.138. The van der Waals surface area contributed by atoms with Crippen molar-refractivity contribution in [1.29, 1.82) is 0 Å². The summed E-state index contributed by atoms with van der Waals surface area (Å²) in [6.45, 7) is 5.46. The van der Waals surface area contributed by atoms with E-state index in [2.05, 4.69) is 25.0 Å². The van der Waals surface area contributed by atoms with Gasteiger partial charge in [-0.2, -0.15) is 5.10 Å². The lowest BCUT2D eigenvalue weighted by atomic mass is 10.1. The zero-order valence-electron chi connectivity index (χ0n) is 20.9. The first-order valence-electron chi connectivity index (χ1n) is 12.5. The van der Waals surface area contributed by atoms with Crippen LogP contribution in [0.4, 0.5) is 24.5 Å². The first-order valence-corrected chi connectivity index (χ1v) is 12.5. The van der Waals surface area contributed by atoms with Gasteiger partial charge in [0.25, 0.3) is 5.91 Å². The SMILES string of the molecule is CCc1nn2ccccc2c1C(=O)NCc1ccc(N2CCN(c3ccc(OC(F)(F)F)cc3)CC2)cc1. The number of benzene rings is 2. The summed E-state index contributed by atoms with van der Waals surface area (Å²) >= 11 is 0. The van der Waals surface area contributed by atoms with E-state index in [9.17, 15) is 18.0 Å². The predicted molar refractivity (Wildman–Crippen MR) is 140 cm³/mol. The molecule has 2 aromatic heterocycles. The molecule has 0 atom stereocenters. The van der Waals surface area contributed by atoms with E-state index in [0.29, 0.717) is 18.5 Å². The highest BCUT2D eigenvalue weighted by Gasteiger charge is 2.31.